The van der Waals surface area contributed by atoms with Gasteiger partial charge in [0.2, 0.25) is 5.91 Å². The molecule has 0 spiro atoms. The monoisotopic (exact) mass is 473 g/mol. The minimum atomic E-state index is -0.937. The van der Waals surface area contributed by atoms with Gasteiger partial charge in [0.1, 0.15) is 17.5 Å². The number of imide groups is 1. The summed E-state index contributed by atoms with van der Waals surface area (Å²) in [4.78, 5) is 42.2. The summed E-state index contributed by atoms with van der Waals surface area (Å²) in [6.07, 6.45) is -0.169. The van der Waals surface area contributed by atoms with Gasteiger partial charge in [-0.05, 0) is 61.0 Å². The SMILES string of the molecule is CCOc1ccc(NC(=O)C[C@@H]2C(=O)N(c3ccccc3)C(=O)N2Cc2ccc(OC)cc2)cc1. The average molecular weight is 474 g/mol. The number of carbonyl (C=O) groups excluding carboxylic acids is 3. The highest BCUT2D eigenvalue weighted by Crippen LogP contribution is 2.29. The fourth-order valence-corrected chi connectivity index (χ4v) is 3.94. The maximum absolute atomic E-state index is 13.4. The molecule has 0 radical (unpaired) electrons. The molecule has 0 unspecified atom stereocenters. The lowest BCUT2D eigenvalue weighted by Crippen LogP contribution is -2.37. The van der Waals surface area contributed by atoms with Crippen molar-refractivity contribution < 1.29 is 23.9 Å². The molecule has 4 amide bonds. The van der Waals surface area contributed by atoms with Crippen molar-refractivity contribution in [2.24, 2.45) is 0 Å². The van der Waals surface area contributed by atoms with Gasteiger partial charge in [-0.15, -0.1) is 0 Å². The highest BCUT2D eigenvalue weighted by Gasteiger charge is 2.46. The number of carbonyl (C=O) groups is 3. The molecule has 1 aliphatic rings. The Kier molecular flexibility index (Phi) is 7.30. The van der Waals surface area contributed by atoms with Crippen LogP contribution in [0.3, 0.4) is 0 Å². The van der Waals surface area contributed by atoms with Crippen molar-refractivity contribution >= 4 is 29.2 Å². The molecule has 35 heavy (non-hydrogen) atoms. The predicted molar refractivity (Wildman–Crippen MR) is 133 cm³/mol. The van der Waals surface area contributed by atoms with E-state index < -0.39 is 18.0 Å². The van der Waals surface area contributed by atoms with E-state index in [0.29, 0.717) is 29.5 Å². The number of rotatable bonds is 9. The van der Waals surface area contributed by atoms with Crippen LogP contribution in [0.4, 0.5) is 16.2 Å². The minimum absolute atomic E-state index is 0.169. The van der Waals surface area contributed by atoms with E-state index in [0.717, 1.165) is 10.5 Å². The number of urea groups is 1. The number of hydrogen-bond donors (Lipinski definition) is 1. The van der Waals surface area contributed by atoms with Crippen molar-refractivity contribution in [2.45, 2.75) is 25.9 Å². The molecule has 0 aliphatic carbocycles. The summed E-state index contributed by atoms with van der Waals surface area (Å²) in [5.74, 6) is 0.590. The number of amides is 4. The van der Waals surface area contributed by atoms with Gasteiger partial charge in [-0.3, -0.25) is 9.59 Å². The van der Waals surface area contributed by atoms with E-state index in [2.05, 4.69) is 5.32 Å². The van der Waals surface area contributed by atoms with E-state index in [1.165, 1.54) is 4.90 Å². The van der Waals surface area contributed by atoms with E-state index in [1.807, 2.05) is 25.1 Å². The Labute approximate surface area is 204 Å². The van der Waals surface area contributed by atoms with Gasteiger partial charge in [-0.2, -0.15) is 0 Å². The number of nitrogens with zero attached hydrogens (tertiary/aromatic N) is 2. The van der Waals surface area contributed by atoms with Gasteiger partial charge in [0, 0.05) is 12.2 Å². The molecule has 8 heteroatoms. The Bertz CT molecular complexity index is 1180. The van der Waals surface area contributed by atoms with Gasteiger partial charge in [0.15, 0.2) is 0 Å². The van der Waals surface area contributed by atoms with Crippen LogP contribution in [0.15, 0.2) is 78.9 Å². The van der Waals surface area contributed by atoms with E-state index >= 15 is 0 Å². The topological polar surface area (TPSA) is 88.2 Å². The number of nitrogens with one attached hydrogen (secondary N) is 1. The number of ether oxygens (including phenoxy) is 2. The maximum Gasteiger partial charge on any atom is 0.332 e. The summed E-state index contributed by atoms with van der Waals surface area (Å²) in [5.41, 5.74) is 1.87. The lowest BCUT2D eigenvalue weighted by Gasteiger charge is -2.22. The molecule has 3 aromatic carbocycles. The zero-order valence-corrected chi connectivity index (χ0v) is 19.6. The van der Waals surface area contributed by atoms with E-state index in [9.17, 15) is 14.4 Å². The van der Waals surface area contributed by atoms with Gasteiger partial charge in [-0.1, -0.05) is 30.3 Å². The summed E-state index contributed by atoms with van der Waals surface area (Å²) < 4.78 is 10.6. The van der Waals surface area contributed by atoms with Gasteiger partial charge in [-0.25, -0.2) is 9.69 Å². The number of hydrogen-bond acceptors (Lipinski definition) is 5. The second kappa shape index (κ2) is 10.7. The molecule has 8 nitrogen and oxygen atoms in total. The van der Waals surface area contributed by atoms with Crippen LogP contribution >= 0.6 is 0 Å². The van der Waals surface area contributed by atoms with Crippen LogP contribution in [0.1, 0.15) is 18.9 Å². The molecule has 1 heterocycles. The normalized spacial score (nSPS) is 15.3. The Morgan fingerprint density at radius 1 is 0.914 bits per heavy atom. The molecule has 0 aromatic heterocycles. The van der Waals surface area contributed by atoms with Crippen molar-refractivity contribution in [2.75, 3.05) is 23.9 Å². The van der Waals surface area contributed by atoms with Crippen molar-refractivity contribution in [3.8, 4) is 11.5 Å². The average Bonchev–Trinajstić information content (AvgIpc) is 3.10. The molecule has 1 atom stereocenters. The number of benzene rings is 3. The molecular formula is C27H27N3O5. The third-order valence-electron chi connectivity index (χ3n) is 5.67. The number of anilines is 2. The zero-order valence-electron chi connectivity index (χ0n) is 19.6. The first kappa shape index (κ1) is 23.8. The van der Waals surface area contributed by atoms with Crippen LogP contribution in [0.2, 0.25) is 0 Å². The second-order valence-electron chi connectivity index (χ2n) is 7.99. The fourth-order valence-electron chi connectivity index (χ4n) is 3.94. The summed E-state index contributed by atoms with van der Waals surface area (Å²) >= 11 is 0. The van der Waals surface area contributed by atoms with E-state index in [4.69, 9.17) is 9.47 Å². The molecule has 0 saturated carbocycles. The minimum Gasteiger partial charge on any atom is -0.497 e. The number of methoxy groups -OCH3 is 1. The van der Waals surface area contributed by atoms with E-state index in [1.54, 1.807) is 67.8 Å². The van der Waals surface area contributed by atoms with Gasteiger partial charge in [0.05, 0.1) is 25.8 Å². The molecule has 1 saturated heterocycles. The molecule has 1 N–H and O–H groups in total. The highest BCUT2D eigenvalue weighted by molar-refractivity contribution is 6.22. The Morgan fingerprint density at radius 2 is 1.57 bits per heavy atom. The van der Waals surface area contributed by atoms with Crippen LogP contribution in [0, 0.1) is 0 Å². The van der Waals surface area contributed by atoms with Crippen LogP contribution in [-0.2, 0) is 16.1 Å². The van der Waals surface area contributed by atoms with Crippen molar-refractivity contribution in [3.05, 3.63) is 84.4 Å². The summed E-state index contributed by atoms with van der Waals surface area (Å²) in [7, 11) is 1.58. The molecule has 4 rings (SSSR count). The molecular weight excluding hydrogens is 446 g/mol. The number of para-hydroxylation sites is 1. The third-order valence-corrected chi connectivity index (χ3v) is 5.67. The van der Waals surface area contributed by atoms with Crippen LogP contribution in [0.5, 0.6) is 11.5 Å². The van der Waals surface area contributed by atoms with Crippen molar-refractivity contribution in [1.29, 1.82) is 0 Å². The Morgan fingerprint density at radius 3 is 2.20 bits per heavy atom. The predicted octanol–water partition coefficient (Wildman–Crippen LogP) is 4.46. The molecule has 1 fully saturated rings. The summed E-state index contributed by atoms with van der Waals surface area (Å²) in [6, 6.07) is 21.6. The second-order valence-corrected chi connectivity index (χ2v) is 7.99. The molecule has 180 valence electrons. The van der Waals surface area contributed by atoms with Gasteiger partial charge < -0.3 is 19.7 Å². The first-order chi connectivity index (χ1) is 17.0. The molecule has 3 aromatic rings. The fraction of sp³-hybridized carbons (Fsp3) is 0.222. The van der Waals surface area contributed by atoms with Crippen LogP contribution in [0.25, 0.3) is 0 Å². The van der Waals surface area contributed by atoms with Crippen LogP contribution in [-0.4, -0.2) is 42.5 Å². The smallest absolute Gasteiger partial charge is 0.332 e. The summed E-state index contributed by atoms with van der Waals surface area (Å²) in [6.45, 7) is 2.62. The zero-order chi connectivity index (χ0) is 24.8. The van der Waals surface area contributed by atoms with Crippen LogP contribution < -0.4 is 19.7 Å². The molecule has 0 bridgehead atoms. The lowest BCUT2D eigenvalue weighted by atomic mass is 10.1. The third kappa shape index (κ3) is 5.43. The Balaban J connectivity index is 1.54. The first-order valence-corrected chi connectivity index (χ1v) is 11.4. The van der Waals surface area contributed by atoms with Gasteiger partial charge in [0.25, 0.3) is 5.91 Å². The standard InChI is InChI=1S/C27H27N3O5/c1-3-35-23-15-11-20(12-16-23)28-25(31)17-24-26(32)30(21-7-5-4-6-8-21)27(33)29(24)18-19-9-13-22(34-2)14-10-19/h4-16,24H,3,17-18H2,1-2H3,(H,28,31)/t24-/m1/s1. The van der Waals surface area contributed by atoms with Gasteiger partial charge >= 0.3 is 6.03 Å². The maximum atomic E-state index is 13.4. The Hall–Kier alpha value is -4.33. The first-order valence-electron chi connectivity index (χ1n) is 11.4. The lowest BCUT2D eigenvalue weighted by molar-refractivity contribution is -0.124. The van der Waals surface area contributed by atoms with Crippen molar-refractivity contribution in [3.63, 3.8) is 0 Å². The largest absolute Gasteiger partial charge is 0.497 e. The highest BCUT2D eigenvalue weighted by atomic mass is 16.5. The molecule has 1 aliphatic heterocycles. The quantitative estimate of drug-likeness (QED) is 0.464. The summed E-state index contributed by atoms with van der Waals surface area (Å²) in [5, 5.41) is 2.81. The van der Waals surface area contributed by atoms with Crippen molar-refractivity contribution in [1.82, 2.24) is 4.90 Å². The van der Waals surface area contributed by atoms with E-state index in [-0.39, 0.29) is 18.9 Å².